The van der Waals surface area contributed by atoms with Crippen LogP contribution in [-0.4, -0.2) is 49.4 Å². The average molecular weight is 259 g/mol. The predicted molar refractivity (Wildman–Crippen MR) is 49.9 cm³/mol. The first kappa shape index (κ1) is 14.8. The van der Waals surface area contributed by atoms with Gasteiger partial charge < -0.3 is 10.4 Å². The quantitative estimate of drug-likeness (QED) is 0.654. The molecule has 0 saturated carbocycles. The highest BCUT2D eigenvalue weighted by Gasteiger charge is 2.28. The lowest BCUT2D eigenvalue weighted by atomic mass is 10.3. The van der Waals surface area contributed by atoms with Crippen molar-refractivity contribution in [2.24, 2.45) is 0 Å². The summed E-state index contributed by atoms with van der Waals surface area (Å²) in [6.45, 7) is 0.996. The topological polar surface area (TPSA) is 101 Å². The van der Waals surface area contributed by atoms with Crippen molar-refractivity contribution < 1.29 is 31.9 Å². The molecule has 0 heterocycles. The van der Waals surface area contributed by atoms with Crippen molar-refractivity contribution in [2.45, 2.75) is 19.4 Å². The fourth-order valence-electron chi connectivity index (χ4n) is 0.934. The number of hydrogen-bond acceptors (Lipinski definition) is 4. The number of hydrogen-bond donors (Lipinski definition) is 2. The summed E-state index contributed by atoms with van der Waals surface area (Å²) in [7, 11) is -4.22. The standard InChI is InChI=1S/C7H11F2NO5S/c1-4(11)10-5(7(12)13)2-16(14,15)3-6(8)9/h5-6H,2-3H2,1H3,(H,10,11)(H,12,13). The molecular formula is C7H11F2NO5S. The van der Waals surface area contributed by atoms with Crippen LogP contribution in [0.15, 0.2) is 0 Å². The van der Waals surface area contributed by atoms with Crippen molar-refractivity contribution in [1.29, 1.82) is 0 Å². The molecule has 0 aromatic rings. The maximum absolute atomic E-state index is 11.8. The Labute approximate surface area is 90.6 Å². The number of carbonyl (C=O) groups excluding carboxylic acids is 1. The molecule has 1 amide bonds. The van der Waals surface area contributed by atoms with Crippen LogP contribution in [0.4, 0.5) is 8.78 Å². The maximum atomic E-state index is 11.8. The van der Waals surface area contributed by atoms with Crippen LogP contribution in [0.3, 0.4) is 0 Å². The minimum atomic E-state index is -4.22. The molecule has 0 aliphatic carbocycles. The van der Waals surface area contributed by atoms with Crippen molar-refractivity contribution in [3.05, 3.63) is 0 Å². The highest BCUT2D eigenvalue weighted by molar-refractivity contribution is 7.91. The summed E-state index contributed by atoms with van der Waals surface area (Å²) in [5, 5.41) is 10.4. The van der Waals surface area contributed by atoms with E-state index in [-0.39, 0.29) is 0 Å². The van der Waals surface area contributed by atoms with E-state index in [2.05, 4.69) is 0 Å². The molecule has 2 N–H and O–H groups in total. The summed E-state index contributed by atoms with van der Waals surface area (Å²) in [5.41, 5.74) is 0. The van der Waals surface area contributed by atoms with Crippen molar-refractivity contribution in [1.82, 2.24) is 5.32 Å². The van der Waals surface area contributed by atoms with E-state index in [1.807, 2.05) is 5.32 Å². The summed E-state index contributed by atoms with van der Waals surface area (Å²) < 4.78 is 45.7. The van der Waals surface area contributed by atoms with E-state index in [1.165, 1.54) is 0 Å². The molecule has 0 aromatic heterocycles. The van der Waals surface area contributed by atoms with Gasteiger partial charge in [0.25, 0.3) is 6.43 Å². The van der Waals surface area contributed by atoms with Gasteiger partial charge in [-0.05, 0) is 0 Å². The Morgan fingerprint density at radius 3 is 2.12 bits per heavy atom. The minimum absolute atomic E-state index is 0.750. The van der Waals surface area contributed by atoms with Gasteiger partial charge in [0.15, 0.2) is 9.84 Å². The van der Waals surface area contributed by atoms with E-state index in [9.17, 15) is 26.8 Å². The Bertz CT molecular complexity index is 367. The second kappa shape index (κ2) is 5.73. The zero-order chi connectivity index (χ0) is 12.9. The highest BCUT2D eigenvalue weighted by atomic mass is 32.2. The number of carboxylic acid groups (broad SMARTS) is 1. The van der Waals surface area contributed by atoms with E-state index >= 15 is 0 Å². The molecular weight excluding hydrogens is 248 g/mol. The Hall–Kier alpha value is -1.25. The number of halogens is 2. The number of sulfone groups is 1. The smallest absolute Gasteiger partial charge is 0.327 e. The Morgan fingerprint density at radius 1 is 1.31 bits per heavy atom. The van der Waals surface area contributed by atoms with E-state index in [0.29, 0.717) is 0 Å². The van der Waals surface area contributed by atoms with Crippen LogP contribution in [0.2, 0.25) is 0 Å². The number of aliphatic carboxylic acids is 1. The van der Waals surface area contributed by atoms with Gasteiger partial charge in [-0.1, -0.05) is 0 Å². The van der Waals surface area contributed by atoms with E-state index in [4.69, 9.17) is 5.11 Å². The molecule has 9 heteroatoms. The zero-order valence-corrected chi connectivity index (χ0v) is 9.13. The Kier molecular flexibility index (Phi) is 5.28. The number of amides is 1. The van der Waals surface area contributed by atoms with Gasteiger partial charge in [0, 0.05) is 6.92 Å². The molecule has 0 saturated heterocycles. The first-order valence-electron chi connectivity index (χ1n) is 4.12. The van der Waals surface area contributed by atoms with Gasteiger partial charge in [0.05, 0.1) is 5.75 Å². The third-order valence-corrected chi connectivity index (χ3v) is 3.08. The fourth-order valence-corrected chi connectivity index (χ4v) is 2.19. The van der Waals surface area contributed by atoms with Crippen molar-refractivity contribution in [2.75, 3.05) is 11.5 Å². The van der Waals surface area contributed by atoms with Crippen LogP contribution in [0.5, 0.6) is 0 Å². The largest absolute Gasteiger partial charge is 0.480 e. The first-order chi connectivity index (χ1) is 7.14. The molecule has 1 atom stereocenters. The van der Waals surface area contributed by atoms with E-state index < -0.39 is 45.7 Å². The molecule has 6 nitrogen and oxygen atoms in total. The van der Waals surface area contributed by atoms with E-state index in [0.717, 1.165) is 6.92 Å². The average Bonchev–Trinajstić information content (AvgIpc) is 1.98. The molecule has 0 aromatic carbocycles. The van der Waals surface area contributed by atoms with Crippen molar-refractivity contribution in [3.8, 4) is 0 Å². The maximum Gasteiger partial charge on any atom is 0.327 e. The molecule has 0 bridgehead atoms. The van der Waals surface area contributed by atoms with Crippen molar-refractivity contribution in [3.63, 3.8) is 0 Å². The van der Waals surface area contributed by atoms with Crippen LogP contribution in [0.1, 0.15) is 6.92 Å². The number of carboxylic acids is 1. The molecule has 0 aliphatic heterocycles. The van der Waals surface area contributed by atoms with Crippen LogP contribution in [-0.2, 0) is 19.4 Å². The molecule has 0 spiro atoms. The second-order valence-corrected chi connectivity index (χ2v) is 5.21. The van der Waals surface area contributed by atoms with Gasteiger partial charge in [-0.3, -0.25) is 4.79 Å². The first-order valence-corrected chi connectivity index (χ1v) is 5.94. The highest BCUT2D eigenvalue weighted by Crippen LogP contribution is 2.02. The number of nitrogens with one attached hydrogen (secondary N) is 1. The summed E-state index contributed by atoms with van der Waals surface area (Å²) in [6.07, 6.45) is -3.07. The second-order valence-electron chi connectivity index (χ2n) is 3.06. The third-order valence-electron chi connectivity index (χ3n) is 1.48. The lowest BCUT2D eigenvalue weighted by Gasteiger charge is -2.13. The summed E-state index contributed by atoms with van der Waals surface area (Å²) in [5.74, 6) is -4.81. The van der Waals surface area contributed by atoms with Crippen LogP contribution in [0.25, 0.3) is 0 Å². The summed E-state index contributed by atoms with van der Waals surface area (Å²) >= 11 is 0. The minimum Gasteiger partial charge on any atom is -0.480 e. The normalized spacial score (nSPS) is 13.5. The zero-order valence-electron chi connectivity index (χ0n) is 8.31. The summed E-state index contributed by atoms with van der Waals surface area (Å²) in [4.78, 5) is 21.1. The van der Waals surface area contributed by atoms with Crippen LogP contribution in [0, 0.1) is 0 Å². The third kappa shape index (κ3) is 6.27. The lowest BCUT2D eigenvalue weighted by Crippen LogP contribution is -2.45. The van der Waals surface area contributed by atoms with Gasteiger partial charge in [0.1, 0.15) is 11.8 Å². The van der Waals surface area contributed by atoms with Crippen LogP contribution < -0.4 is 5.32 Å². The monoisotopic (exact) mass is 259 g/mol. The lowest BCUT2D eigenvalue weighted by molar-refractivity contribution is -0.140. The molecule has 0 aliphatic rings. The molecule has 0 rings (SSSR count). The van der Waals surface area contributed by atoms with Crippen molar-refractivity contribution >= 4 is 21.7 Å². The number of alkyl halides is 2. The SMILES string of the molecule is CC(=O)NC(CS(=O)(=O)CC(F)F)C(=O)O. The van der Waals surface area contributed by atoms with Gasteiger partial charge in [-0.15, -0.1) is 0 Å². The van der Waals surface area contributed by atoms with Gasteiger partial charge in [-0.2, -0.15) is 0 Å². The van der Waals surface area contributed by atoms with Gasteiger partial charge in [0.2, 0.25) is 5.91 Å². The Balaban J connectivity index is 4.63. The number of rotatable bonds is 6. The Morgan fingerprint density at radius 2 is 1.81 bits per heavy atom. The van der Waals surface area contributed by atoms with Gasteiger partial charge >= 0.3 is 5.97 Å². The van der Waals surface area contributed by atoms with Gasteiger partial charge in [-0.25, -0.2) is 22.0 Å². The van der Waals surface area contributed by atoms with E-state index in [1.54, 1.807) is 0 Å². The molecule has 16 heavy (non-hydrogen) atoms. The molecule has 1 unspecified atom stereocenters. The molecule has 94 valence electrons. The number of carbonyl (C=O) groups is 2. The fraction of sp³-hybridized carbons (Fsp3) is 0.714. The molecule has 0 radical (unpaired) electrons. The summed E-state index contributed by atoms with van der Waals surface area (Å²) in [6, 6.07) is -1.71. The van der Waals surface area contributed by atoms with Crippen LogP contribution >= 0.6 is 0 Å². The molecule has 0 fully saturated rings. The predicted octanol–water partition coefficient (Wildman–Crippen LogP) is -0.744.